The molecule has 8 heteroatoms. The van der Waals surface area contributed by atoms with Crippen molar-refractivity contribution in [2.24, 2.45) is 5.92 Å². The van der Waals surface area contributed by atoms with Crippen molar-refractivity contribution in [1.82, 2.24) is 15.1 Å². The Morgan fingerprint density at radius 3 is 2.24 bits per heavy atom. The summed E-state index contributed by atoms with van der Waals surface area (Å²) in [5.74, 6) is 0.0268. The van der Waals surface area contributed by atoms with Gasteiger partial charge >= 0.3 is 0 Å². The van der Waals surface area contributed by atoms with E-state index < -0.39 is 6.04 Å². The van der Waals surface area contributed by atoms with Gasteiger partial charge in [-0.2, -0.15) is 0 Å². The Kier molecular flexibility index (Phi) is 6.59. The van der Waals surface area contributed by atoms with E-state index in [-0.39, 0.29) is 24.1 Å². The zero-order valence-corrected chi connectivity index (χ0v) is 21.3. The maximum absolute atomic E-state index is 13.0. The number of anilines is 2. The molecule has 4 heterocycles. The molecule has 3 saturated heterocycles. The SMILES string of the molecule is O=C1CC[C@H](N2Cc3cc(N4CCN(CC5CCN(c6ccccc6)CC5)CC4)ccc3C2=O)C(=O)N1. The Morgan fingerprint density at radius 1 is 0.784 bits per heavy atom. The number of imide groups is 1. The molecule has 0 bridgehead atoms. The highest BCUT2D eigenvalue weighted by Gasteiger charge is 2.39. The summed E-state index contributed by atoms with van der Waals surface area (Å²) in [4.78, 5) is 46.0. The molecule has 0 unspecified atom stereocenters. The number of piperidine rings is 2. The third-order valence-corrected chi connectivity index (χ3v) is 8.50. The van der Waals surface area contributed by atoms with Crippen LogP contribution in [0.15, 0.2) is 48.5 Å². The van der Waals surface area contributed by atoms with E-state index in [2.05, 4.69) is 56.4 Å². The zero-order valence-electron chi connectivity index (χ0n) is 21.3. The highest BCUT2D eigenvalue weighted by molar-refractivity contribution is 6.05. The number of rotatable bonds is 5. The van der Waals surface area contributed by atoms with E-state index in [1.54, 1.807) is 4.90 Å². The summed E-state index contributed by atoms with van der Waals surface area (Å²) in [5, 5.41) is 2.37. The van der Waals surface area contributed by atoms with Gasteiger partial charge in [0.05, 0.1) is 0 Å². The second-order valence-corrected chi connectivity index (χ2v) is 10.8. The molecule has 6 rings (SSSR count). The minimum absolute atomic E-state index is 0.112. The summed E-state index contributed by atoms with van der Waals surface area (Å²) in [6, 6.07) is 16.2. The smallest absolute Gasteiger partial charge is 0.255 e. The number of hydrogen-bond acceptors (Lipinski definition) is 6. The summed E-state index contributed by atoms with van der Waals surface area (Å²) in [6.07, 6.45) is 3.16. The fourth-order valence-corrected chi connectivity index (χ4v) is 6.32. The van der Waals surface area contributed by atoms with E-state index >= 15 is 0 Å². The molecule has 3 amide bonds. The molecule has 0 spiro atoms. The first kappa shape index (κ1) is 24.0. The van der Waals surface area contributed by atoms with Gasteiger partial charge in [0.2, 0.25) is 11.8 Å². The molecule has 0 saturated carbocycles. The molecule has 1 atom stereocenters. The van der Waals surface area contributed by atoms with Gasteiger partial charge < -0.3 is 14.7 Å². The van der Waals surface area contributed by atoms with Crippen LogP contribution in [-0.2, 0) is 16.1 Å². The van der Waals surface area contributed by atoms with E-state index in [1.165, 1.54) is 25.1 Å². The van der Waals surface area contributed by atoms with Crippen molar-refractivity contribution in [3.8, 4) is 0 Å². The molecule has 4 aliphatic heterocycles. The third-order valence-electron chi connectivity index (χ3n) is 8.50. The lowest BCUT2D eigenvalue weighted by Crippen LogP contribution is -2.52. The summed E-state index contributed by atoms with van der Waals surface area (Å²) >= 11 is 0. The largest absolute Gasteiger partial charge is 0.372 e. The molecule has 2 aromatic rings. The molecular formula is C29H35N5O3. The van der Waals surface area contributed by atoms with Crippen LogP contribution in [0.25, 0.3) is 0 Å². The summed E-state index contributed by atoms with van der Waals surface area (Å²) in [7, 11) is 0. The summed E-state index contributed by atoms with van der Waals surface area (Å²) < 4.78 is 0. The van der Waals surface area contributed by atoms with Crippen molar-refractivity contribution in [3.05, 3.63) is 59.7 Å². The minimum Gasteiger partial charge on any atom is -0.372 e. The Hall–Kier alpha value is -3.39. The molecule has 3 fully saturated rings. The molecule has 0 aliphatic carbocycles. The van der Waals surface area contributed by atoms with Crippen LogP contribution < -0.4 is 15.1 Å². The van der Waals surface area contributed by atoms with Gasteiger partial charge in [0.25, 0.3) is 5.91 Å². The number of carbonyl (C=O) groups is 3. The van der Waals surface area contributed by atoms with Crippen LogP contribution in [0.2, 0.25) is 0 Å². The first-order chi connectivity index (χ1) is 18.0. The normalized spacial score (nSPS) is 23.4. The summed E-state index contributed by atoms with van der Waals surface area (Å²) in [6.45, 7) is 7.94. The molecule has 194 valence electrons. The molecule has 4 aliphatic rings. The highest BCUT2D eigenvalue weighted by atomic mass is 16.2. The molecule has 37 heavy (non-hydrogen) atoms. The lowest BCUT2D eigenvalue weighted by Gasteiger charge is -2.40. The number of piperazine rings is 1. The molecule has 2 aromatic carbocycles. The van der Waals surface area contributed by atoms with Gasteiger partial charge in [-0.1, -0.05) is 18.2 Å². The molecule has 8 nitrogen and oxygen atoms in total. The van der Waals surface area contributed by atoms with Crippen LogP contribution in [0.5, 0.6) is 0 Å². The van der Waals surface area contributed by atoms with E-state index in [9.17, 15) is 14.4 Å². The first-order valence-corrected chi connectivity index (χ1v) is 13.6. The van der Waals surface area contributed by atoms with Crippen LogP contribution in [0.3, 0.4) is 0 Å². The number of para-hydroxylation sites is 1. The quantitative estimate of drug-likeness (QED) is 0.635. The van der Waals surface area contributed by atoms with Crippen LogP contribution in [-0.4, -0.2) is 79.4 Å². The third kappa shape index (κ3) is 4.94. The van der Waals surface area contributed by atoms with Crippen LogP contribution >= 0.6 is 0 Å². The number of fused-ring (bicyclic) bond motifs is 1. The Bertz CT molecular complexity index is 1170. The van der Waals surface area contributed by atoms with Crippen LogP contribution in [0, 0.1) is 5.92 Å². The van der Waals surface area contributed by atoms with Gasteiger partial charge in [0.1, 0.15) is 6.04 Å². The number of amides is 3. The zero-order chi connectivity index (χ0) is 25.4. The number of nitrogens with zero attached hydrogens (tertiary/aromatic N) is 4. The Balaban J connectivity index is 1.01. The fraction of sp³-hybridized carbons (Fsp3) is 0.483. The number of carbonyl (C=O) groups excluding carboxylic acids is 3. The van der Waals surface area contributed by atoms with Crippen LogP contribution in [0.4, 0.5) is 11.4 Å². The second kappa shape index (κ2) is 10.2. The molecule has 0 radical (unpaired) electrons. The van der Waals surface area contributed by atoms with E-state index in [0.29, 0.717) is 18.5 Å². The lowest BCUT2D eigenvalue weighted by atomic mass is 9.95. The van der Waals surface area contributed by atoms with Gasteiger partial charge in [-0.05, 0) is 61.1 Å². The van der Waals surface area contributed by atoms with Gasteiger partial charge in [-0.3, -0.25) is 24.6 Å². The van der Waals surface area contributed by atoms with Crippen molar-refractivity contribution in [3.63, 3.8) is 0 Å². The Labute approximate surface area is 218 Å². The van der Waals surface area contributed by atoms with Crippen molar-refractivity contribution in [1.29, 1.82) is 0 Å². The molecule has 0 aromatic heterocycles. The van der Waals surface area contributed by atoms with Gasteiger partial charge in [-0.25, -0.2) is 0 Å². The predicted molar refractivity (Wildman–Crippen MR) is 143 cm³/mol. The highest BCUT2D eigenvalue weighted by Crippen LogP contribution is 2.31. The molecule has 1 N–H and O–H groups in total. The number of nitrogens with one attached hydrogen (secondary N) is 1. The van der Waals surface area contributed by atoms with Gasteiger partial charge in [-0.15, -0.1) is 0 Å². The van der Waals surface area contributed by atoms with Crippen LogP contribution in [0.1, 0.15) is 41.6 Å². The van der Waals surface area contributed by atoms with Crippen molar-refractivity contribution >= 4 is 29.1 Å². The lowest BCUT2D eigenvalue weighted by molar-refractivity contribution is -0.136. The topological polar surface area (TPSA) is 76.2 Å². The monoisotopic (exact) mass is 501 g/mol. The Morgan fingerprint density at radius 2 is 1.51 bits per heavy atom. The van der Waals surface area contributed by atoms with Crippen molar-refractivity contribution in [2.75, 3.05) is 55.6 Å². The average molecular weight is 502 g/mol. The van der Waals surface area contributed by atoms with E-state index in [4.69, 9.17) is 0 Å². The van der Waals surface area contributed by atoms with E-state index in [1.807, 2.05) is 12.1 Å². The molecular weight excluding hydrogens is 466 g/mol. The number of hydrogen-bond donors (Lipinski definition) is 1. The van der Waals surface area contributed by atoms with Gasteiger partial charge in [0, 0.05) is 75.7 Å². The maximum atomic E-state index is 13.0. The fourth-order valence-electron chi connectivity index (χ4n) is 6.32. The average Bonchev–Trinajstić information content (AvgIpc) is 3.25. The standard InChI is InChI=1S/C29H35N5O3/c35-27-9-8-26(28(36)30-27)34-20-22-18-24(6-7-25(22)29(34)37)33-16-14-31(15-17-33)19-21-10-12-32(13-11-21)23-4-2-1-3-5-23/h1-7,18,21,26H,8-17,19-20H2,(H,30,35,36)/t26-/m0/s1. The summed E-state index contributed by atoms with van der Waals surface area (Å²) in [5.41, 5.74) is 4.13. The van der Waals surface area contributed by atoms with E-state index in [0.717, 1.165) is 56.4 Å². The van der Waals surface area contributed by atoms with Crippen molar-refractivity contribution < 1.29 is 14.4 Å². The predicted octanol–water partition coefficient (Wildman–Crippen LogP) is 2.49. The first-order valence-electron chi connectivity index (χ1n) is 13.6. The minimum atomic E-state index is -0.566. The second-order valence-electron chi connectivity index (χ2n) is 10.8. The van der Waals surface area contributed by atoms with Gasteiger partial charge in [0.15, 0.2) is 0 Å². The number of benzene rings is 2. The van der Waals surface area contributed by atoms with Crippen molar-refractivity contribution in [2.45, 2.75) is 38.3 Å². The maximum Gasteiger partial charge on any atom is 0.255 e.